The quantitative estimate of drug-likeness (QED) is 0.493. The molecule has 0 radical (unpaired) electrons. The smallest absolute Gasteiger partial charge is 0.124 e. The summed E-state index contributed by atoms with van der Waals surface area (Å²) in [6.07, 6.45) is 2.01. The zero-order valence-corrected chi connectivity index (χ0v) is 12.7. The lowest BCUT2D eigenvalue weighted by molar-refractivity contribution is 0.333. The Labute approximate surface area is 116 Å². The first-order valence-corrected chi connectivity index (χ1v) is 6.82. The summed E-state index contributed by atoms with van der Waals surface area (Å²) < 4.78 is 13.9. The molecule has 17 heavy (non-hydrogen) atoms. The molecule has 1 atom stereocenters. The monoisotopic (exact) mass is 350 g/mol. The van der Waals surface area contributed by atoms with Crippen LogP contribution in [-0.4, -0.2) is 0 Å². The molecule has 0 bridgehead atoms. The molecule has 0 aromatic heterocycles. The molecule has 0 saturated carbocycles. The second-order valence-electron chi connectivity index (χ2n) is 5.48. The van der Waals surface area contributed by atoms with Gasteiger partial charge < -0.3 is 0 Å². The Kier molecular flexibility index (Phi) is 5.34. The van der Waals surface area contributed by atoms with Crippen molar-refractivity contribution >= 4 is 22.6 Å². The van der Waals surface area contributed by atoms with E-state index in [9.17, 15) is 4.39 Å². The van der Waals surface area contributed by atoms with Crippen molar-refractivity contribution in [3.05, 3.63) is 33.1 Å². The Morgan fingerprint density at radius 1 is 1.41 bits per heavy atom. The topological polar surface area (TPSA) is 38.0 Å². The van der Waals surface area contributed by atoms with Crippen LogP contribution in [0, 0.1) is 14.8 Å². The highest BCUT2D eigenvalue weighted by molar-refractivity contribution is 14.1. The fraction of sp³-hybridized carbons (Fsp3) is 0.538. The third-order valence-corrected chi connectivity index (χ3v) is 3.66. The highest BCUT2D eigenvalue weighted by atomic mass is 127. The normalized spacial score (nSPS) is 13.8. The number of halogens is 2. The van der Waals surface area contributed by atoms with Crippen molar-refractivity contribution < 1.29 is 4.39 Å². The van der Waals surface area contributed by atoms with Crippen LogP contribution in [0.4, 0.5) is 4.39 Å². The number of nitrogens with two attached hydrogens (primary N) is 1. The van der Waals surface area contributed by atoms with E-state index in [0.717, 1.165) is 22.0 Å². The first kappa shape index (κ1) is 14.9. The summed E-state index contributed by atoms with van der Waals surface area (Å²) in [5.41, 5.74) is 4.17. The van der Waals surface area contributed by atoms with Crippen LogP contribution < -0.4 is 11.3 Å². The van der Waals surface area contributed by atoms with E-state index >= 15 is 0 Å². The molecule has 0 spiro atoms. The van der Waals surface area contributed by atoms with Gasteiger partial charge in [0.1, 0.15) is 5.82 Å². The third kappa shape index (κ3) is 4.89. The molecule has 2 nitrogen and oxygen atoms in total. The molecular weight excluding hydrogens is 330 g/mol. The molecule has 0 aliphatic rings. The zero-order valence-electron chi connectivity index (χ0n) is 10.6. The Bertz CT molecular complexity index is 374. The first-order valence-electron chi connectivity index (χ1n) is 5.74. The maximum absolute atomic E-state index is 13.0. The van der Waals surface area contributed by atoms with Gasteiger partial charge in [0.25, 0.3) is 0 Å². The van der Waals surface area contributed by atoms with Gasteiger partial charge in [0.15, 0.2) is 0 Å². The molecule has 3 N–H and O–H groups in total. The molecule has 0 aliphatic heterocycles. The standard InChI is InChI=1S/C13H20FIN2/c1-13(2,3)7-6-12(17-16)10-5-4-9(14)8-11(10)15/h4-5,8,12,17H,6-7,16H2,1-3H3. The number of benzene rings is 1. The second-order valence-corrected chi connectivity index (χ2v) is 6.65. The molecule has 1 rings (SSSR count). The van der Waals surface area contributed by atoms with Crippen LogP contribution in [0.5, 0.6) is 0 Å². The number of hydrazine groups is 1. The summed E-state index contributed by atoms with van der Waals surface area (Å²) in [7, 11) is 0. The van der Waals surface area contributed by atoms with Gasteiger partial charge in [-0.3, -0.25) is 11.3 Å². The van der Waals surface area contributed by atoms with Crippen molar-refractivity contribution in [2.24, 2.45) is 11.3 Å². The van der Waals surface area contributed by atoms with Crippen LogP contribution in [0.3, 0.4) is 0 Å². The zero-order chi connectivity index (χ0) is 13.1. The minimum Gasteiger partial charge on any atom is -0.271 e. The van der Waals surface area contributed by atoms with Gasteiger partial charge in [-0.1, -0.05) is 26.8 Å². The molecule has 0 aliphatic carbocycles. The van der Waals surface area contributed by atoms with Crippen molar-refractivity contribution in [1.29, 1.82) is 0 Å². The number of hydrogen-bond donors (Lipinski definition) is 2. The molecule has 0 amide bonds. The van der Waals surface area contributed by atoms with Crippen LogP contribution in [-0.2, 0) is 0 Å². The molecule has 0 heterocycles. The second kappa shape index (κ2) is 6.11. The summed E-state index contributed by atoms with van der Waals surface area (Å²) in [5, 5.41) is 0. The third-order valence-electron chi connectivity index (χ3n) is 2.72. The Morgan fingerprint density at radius 3 is 2.53 bits per heavy atom. The van der Waals surface area contributed by atoms with E-state index in [2.05, 4.69) is 48.8 Å². The van der Waals surface area contributed by atoms with E-state index < -0.39 is 0 Å². The molecule has 0 saturated heterocycles. The van der Waals surface area contributed by atoms with Gasteiger partial charge in [0.2, 0.25) is 0 Å². The largest absolute Gasteiger partial charge is 0.271 e. The van der Waals surface area contributed by atoms with Gasteiger partial charge in [0.05, 0.1) is 0 Å². The van der Waals surface area contributed by atoms with Crippen molar-refractivity contribution in [1.82, 2.24) is 5.43 Å². The fourth-order valence-corrected chi connectivity index (χ4v) is 2.54. The van der Waals surface area contributed by atoms with Gasteiger partial charge in [-0.05, 0) is 58.5 Å². The van der Waals surface area contributed by atoms with E-state index in [1.165, 1.54) is 12.1 Å². The summed E-state index contributed by atoms with van der Waals surface area (Å²) in [4.78, 5) is 0. The number of nitrogens with one attached hydrogen (secondary N) is 1. The van der Waals surface area contributed by atoms with Crippen molar-refractivity contribution in [2.75, 3.05) is 0 Å². The average Bonchev–Trinajstić information content (AvgIpc) is 2.19. The number of rotatable bonds is 4. The Morgan fingerprint density at radius 2 is 2.06 bits per heavy atom. The molecule has 0 fully saturated rings. The fourth-order valence-electron chi connectivity index (χ4n) is 1.69. The SMILES string of the molecule is CC(C)(C)CCC(NN)c1ccc(F)cc1I. The summed E-state index contributed by atoms with van der Waals surface area (Å²) in [5.74, 6) is 5.39. The van der Waals surface area contributed by atoms with Crippen LogP contribution in [0.25, 0.3) is 0 Å². The molecule has 1 aromatic rings. The van der Waals surface area contributed by atoms with Crippen molar-refractivity contribution in [3.8, 4) is 0 Å². The Balaban J connectivity index is 2.79. The van der Waals surface area contributed by atoms with E-state index in [1.807, 2.05) is 6.07 Å². The van der Waals surface area contributed by atoms with E-state index in [4.69, 9.17) is 5.84 Å². The molecule has 4 heteroatoms. The van der Waals surface area contributed by atoms with Crippen molar-refractivity contribution in [3.63, 3.8) is 0 Å². The van der Waals surface area contributed by atoms with Crippen molar-refractivity contribution in [2.45, 2.75) is 39.7 Å². The highest BCUT2D eigenvalue weighted by Gasteiger charge is 2.17. The maximum Gasteiger partial charge on any atom is 0.124 e. The molecule has 1 unspecified atom stereocenters. The van der Waals surface area contributed by atoms with Crippen LogP contribution in [0.15, 0.2) is 18.2 Å². The first-order chi connectivity index (χ1) is 7.83. The Hall–Kier alpha value is -0.200. The predicted octanol–water partition coefficient (Wildman–Crippen LogP) is 3.76. The number of hydrogen-bond acceptors (Lipinski definition) is 2. The predicted molar refractivity (Wildman–Crippen MR) is 77.9 cm³/mol. The summed E-state index contributed by atoms with van der Waals surface area (Å²) in [6, 6.07) is 4.92. The van der Waals surface area contributed by atoms with Gasteiger partial charge in [0, 0.05) is 9.61 Å². The van der Waals surface area contributed by atoms with E-state index in [-0.39, 0.29) is 17.3 Å². The molecule has 1 aromatic carbocycles. The summed E-state index contributed by atoms with van der Waals surface area (Å²) in [6.45, 7) is 6.61. The maximum atomic E-state index is 13.0. The molecular formula is C13H20FIN2. The van der Waals surface area contributed by atoms with Crippen LogP contribution >= 0.6 is 22.6 Å². The molecule has 96 valence electrons. The minimum absolute atomic E-state index is 0.0849. The van der Waals surface area contributed by atoms with E-state index in [1.54, 1.807) is 0 Å². The lowest BCUT2D eigenvalue weighted by atomic mass is 9.87. The van der Waals surface area contributed by atoms with Crippen LogP contribution in [0.1, 0.15) is 45.2 Å². The average molecular weight is 350 g/mol. The van der Waals surface area contributed by atoms with Gasteiger partial charge in [-0.25, -0.2) is 4.39 Å². The van der Waals surface area contributed by atoms with Gasteiger partial charge in [-0.2, -0.15) is 0 Å². The minimum atomic E-state index is -0.204. The lowest BCUT2D eigenvalue weighted by Gasteiger charge is -2.23. The van der Waals surface area contributed by atoms with E-state index in [0.29, 0.717) is 0 Å². The highest BCUT2D eigenvalue weighted by Crippen LogP contribution is 2.29. The summed E-state index contributed by atoms with van der Waals surface area (Å²) >= 11 is 2.15. The van der Waals surface area contributed by atoms with Gasteiger partial charge in [-0.15, -0.1) is 0 Å². The van der Waals surface area contributed by atoms with Gasteiger partial charge >= 0.3 is 0 Å². The van der Waals surface area contributed by atoms with Crippen LogP contribution in [0.2, 0.25) is 0 Å². The lowest BCUT2D eigenvalue weighted by Crippen LogP contribution is -2.29.